The number of amides is 1. The first-order valence-electron chi connectivity index (χ1n) is 10.4. The maximum Gasteiger partial charge on any atom is 0.341 e. The highest BCUT2D eigenvalue weighted by molar-refractivity contribution is 7.17. The van der Waals surface area contributed by atoms with E-state index in [1.165, 1.54) is 11.3 Å². The van der Waals surface area contributed by atoms with Crippen molar-refractivity contribution < 1.29 is 23.9 Å². The van der Waals surface area contributed by atoms with Crippen LogP contribution >= 0.6 is 11.3 Å². The largest absolute Gasteiger partial charge is 0.462 e. The molecule has 0 fully saturated rings. The fraction of sp³-hybridized carbons (Fsp3) is 0.435. The Morgan fingerprint density at radius 1 is 1.23 bits per heavy atom. The molecule has 0 bridgehead atoms. The zero-order chi connectivity index (χ0) is 21.3. The van der Waals surface area contributed by atoms with E-state index in [0.717, 1.165) is 41.7 Å². The number of carbonyl (C=O) groups is 3. The van der Waals surface area contributed by atoms with Crippen molar-refractivity contribution in [2.75, 3.05) is 11.9 Å². The highest BCUT2D eigenvalue weighted by Crippen LogP contribution is 2.41. The van der Waals surface area contributed by atoms with E-state index in [4.69, 9.17) is 9.47 Å². The Morgan fingerprint density at radius 2 is 2.03 bits per heavy atom. The molecule has 0 radical (unpaired) electrons. The van der Waals surface area contributed by atoms with Crippen molar-refractivity contribution in [3.05, 3.63) is 51.4 Å². The van der Waals surface area contributed by atoms with Gasteiger partial charge in [0.15, 0.2) is 6.10 Å². The smallest absolute Gasteiger partial charge is 0.341 e. The summed E-state index contributed by atoms with van der Waals surface area (Å²) in [4.78, 5) is 39.0. The predicted molar refractivity (Wildman–Crippen MR) is 114 cm³/mol. The zero-order valence-electron chi connectivity index (χ0n) is 17.2. The standard InChI is InChI=1S/C23H25NO5S/c1-3-13-9-10-16-18(11-13)30-21(19(16)23(27)28-4-2)24-20(25)17-12-14-7-5-6-8-15(14)22(26)29-17/h5-8,13,17H,3-4,9-12H2,1-2H3,(H,24,25). The van der Waals surface area contributed by atoms with Gasteiger partial charge < -0.3 is 14.8 Å². The van der Waals surface area contributed by atoms with E-state index in [1.54, 1.807) is 19.1 Å². The summed E-state index contributed by atoms with van der Waals surface area (Å²) >= 11 is 1.44. The van der Waals surface area contributed by atoms with Gasteiger partial charge in [0.25, 0.3) is 5.91 Å². The first-order valence-corrected chi connectivity index (χ1v) is 11.2. The van der Waals surface area contributed by atoms with Gasteiger partial charge in [0.05, 0.1) is 17.7 Å². The van der Waals surface area contributed by atoms with Crippen LogP contribution in [0.15, 0.2) is 24.3 Å². The molecule has 1 aliphatic heterocycles. The summed E-state index contributed by atoms with van der Waals surface area (Å²) < 4.78 is 10.6. The van der Waals surface area contributed by atoms with Crippen molar-refractivity contribution in [1.82, 2.24) is 0 Å². The average molecular weight is 428 g/mol. The third kappa shape index (κ3) is 3.86. The van der Waals surface area contributed by atoms with E-state index >= 15 is 0 Å². The summed E-state index contributed by atoms with van der Waals surface area (Å²) in [6, 6.07) is 7.13. The first kappa shape index (κ1) is 20.6. The lowest BCUT2D eigenvalue weighted by Crippen LogP contribution is -2.38. The number of ether oxygens (including phenoxy) is 2. The molecule has 2 atom stereocenters. The van der Waals surface area contributed by atoms with Crippen LogP contribution in [-0.4, -0.2) is 30.6 Å². The molecule has 2 unspecified atom stereocenters. The zero-order valence-corrected chi connectivity index (χ0v) is 18.0. The Morgan fingerprint density at radius 3 is 2.80 bits per heavy atom. The van der Waals surface area contributed by atoms with Crippen molar-refractivity contribution in [2.45, 2.75) is 52.1 Å². The van der Waals surface area contributed by atoms with Gasteiger partial charge in [0, 0.05) is 11.3 Å². The summed E-state index contributed by atoms with van der Waals surface area (Å²) in [5.74, 6) is -0.746. The molecule has 1 N–H and O–H groups in total. The van der Waals surface area contributed by atoms with Crippen molar-refractivity contribution >= 4 is 34.2 Å². The summed E-state index contributed by atoms with van der Waals surface area (Å²) in [5.41, 5.74) is 2.73. The van der Waals surface area contributed by atoms with E-state index in [-0.39, 0.29) is 6.61 Å². The number of fused-ring (bicyclic) bond motifs is 2. The summed E-state index contributed by atoms with van der Waals surface area (Å²) in [6.45, 7) is 4.21. The van der Waals surface area contributed by atoms with E-state index in [2.05, 4.69) is 12.2 Å². The maximum atomic E-state index is 13.0. The molecule has 2 heterocycles. The minimum absolute atomic E-state index is 0.269. The number of carbonyl (C=O) groups excluding carboxylic acids is 3. The van der Waals surface area contributed by atoms with E-state index in [9.17, 15) is 14.4 Å². The van der Waals surface area contributed by atoms with Gasteiger partial charge in [0.2, 0.25) is 0 Å². The lowest BCUT2D eigenvalue weighted by molar-refractivity contribution is -0.125. The van der Waals surface area contributed by atoms with Gasteiger partial charge >= 0.3 is 11.9 Å². The Bertz CT molecular complexity index is 995. The third-order valence-corrected chi connectivity index (χ3v) is 7.02. The quantitative estimate of drug-likeness (QED) is 0.725. The molecule has 158 valence electrons. The molecule has 4 rings (SSSR count). The number of anilines is 1. The highest BCUT2D eigenvalue weighted by Gasteiger charge is 2.34. The van der Waals surface area contributed by atoms with Crippen molar-refractivity contribution in [3.63, 3.8) is 0 Å². The summed E-state index contributed by atoms with van der Waals surface area (Å²) in [6.07, 6.45) is 3.21. The molecule has 1 aromatic carbocycles. The number of benzene rings is 1. The molecule has 2 aliphatic rings. The number of cyclic esters (lactones) is 1. The molecule has 6 nitrogen and oxygen atoms in total. The van der Waals surface area contributed by atoms with Crippen LogP contribution < -0.4 is 5.32 Å². The fourth-order valence-electron chi connectivity index (χ4n) is 4.18. The molecule has 1 aromatic heterocycles. The molecule has 7 heteroatoms. The van der Waals surface area contributed by atoms with Crippen LogP contribution in [0.1, 0.15) is 63.4 Å². The number of hydrogen-bond donors (Lipinski definition) is 1. The van der Waals surface area contributed by atoms with Crippen LogP contribution in [0.4, 0.5) is 5.00 Å². The third-order valence-electron chi connectivity index (χ3n) is 5.85. The molecule has 0 saturated heterocycles. The van der Waals surface area contributed by atoms with E-state index in [1.807, 2.05) is 12.1 Å². The Balaban J connectivity index is 1.60. The average Bonchev–Trinajstić information content (AvgIpc) is 3.10. The molecular weight excluding hydrogens is 402 g/mol. The number of thiophene rings is 1. The topological polar surface area (TPSA) is 81.7 Å². The van der Waals surface area contributed by atoms with Gasteiger partial charge in [-0.1, -0.05) is 31.5 Å². The lowest BCUT2D eigenvalue weighted by Gasteiger charge is -2.23. The van der Waals surface area contributed by atoms with Gasteiger partial charge in [-0.3, -0.25) is 4.79 Å². The lowest BCUT2D eigenvalue weighted by atomic mass is 9.85. The highest BCUT2D eigenvalue weighted by atomic mass is 32.1. The summed E-state index contributed by atoms with van der Waals surface area (Å²) in [7, 11) is 0. The normalized spacial score (nSPS) is 20.0. The van der Waals surface area contributed by atoms with Gasteiger partial charge in [-0.05, 0) is 49.3 Å². The molecule has 0 saturated carbocycles. The van der Waals surface area contributed by atoms with Crippen LogP contribution in [0, 0.1) is 5.92 Å². The van der Waals surface area contributed by atoms with E-state index < -0.39 is 23.9 Å². The molecule has 30 heavy (non-hydrogen) atoms. The second-order valence-electron chi connectivity index (χ2n) is 7.69. The SMILES string of the molecule is CCOC(=O)c1c(NC(=O)C2Cc3ccccc3C(=O)O2)sc2c1CCC(CC)C2. The van der Waals surface area contributed by atoms with Crippen LogP contribution in [0.25, 0.3) is 0 Å². The number of hydrogen-bond acceptors (Lipinski definition) is 6. The summed E-state index contributed by atoms with van der Waals surface area (Å²) in [5, 5.41) is 3.36. The van der Waals surface area contributed by atoms with Crippen LogP contribution in [0.2, 0.25) is 0 Å². The second-order valence-corrected chi connectivity index (χ2v) is 8.80. The second kappa shape index (κ2) is 8.60. The van der Waals surface area contributed by atoms with Crippen LogP contribution in [0.3, 0.4) is 0 Å². The first-order chi connectivity index (χ1) is 14.5. The molecule has 1 amide bonds. The molecule has 0 spiro atoms. The molecule has 1 aliphatic carbocycles. The van der Waals surface area contributed by atoms with Crippen LogP contribution in [-0.2, 0) is 33.5 Å². The monoisotopic (exact) mass is 427 g/mol. The molecular formula is C23H25NO5S. The minimum Gasteiger partial charge on any atom is -0.462 e. The van der Waals surface area contributed by atoms with Crippen LogP contribution in [0.5, 0.6) is 0 Å². The van der Waals surface area contributed by atoms with E-state index in [0.29, 0.717) is 28.5 Å². The Labute approximate surface area is 179 Å². The van der Waals surface area contributed by atoms with Gasteiger partial charge in [-0.25, -0.2) is 9.59 Å². The number of esters is 2. The van der Waals surface area contributed by atoms with Gasteiger partial charge in [-0.2, -0.15) is 0 Å². The van der Waals surface area contributed by atoms with Gasteiger partial charge in [0.1, 0.15) is 5.00 Å². The fourth-order valence-corrected chi connectivity index (χ4v) is 5.53. The van der Waals surface area contributed by atoms with Crippen molar-refractivity contribution in [2.24, 2.45) is 5.92 Å². The minimum atomic E-state index is -0.926. The van der Waals surface area contributed by atoms with Crippen molar-refractivity contribution in [3.8, 4) is 0 Å². The molecule has 2 aromatic rings. The van der Waals surface area contributed by atoms with Crippen molar-refractivity contribution in [1.29, 1.82) is 0 Å². The maximum absolute atomic E-state index is 13.0. The number of rotatable bonds is 5. The Hall–Kier alpha value is -2.67. The predicted octanol–water partition coefficient (Wildman–Crippen LogP) is 4.16. The number of nitrogens with one attached hydrogen (secondary N) is 1. The Kier molecular flexibility index (Phi) is 5.90. The van der Waals surface area contributed by atoms with Gasteiger partial charge in [-0.15, -0.1) is 11.3 Å².